The lowest BCUT2D eigenvalue weighted by Crippen LogP contribution is -2.31. The summed E-state index contributed by atoms with van der Waals surface area (Å²) in [5.74, 6) is -0.182. The Morgan fingerprint density at radius 1 is 1.32 bits per heavy atom. The van der Waals surface area contributed by atoms with E-state index < -0.39 is 0 Å². The second kappa shape index (κ2) is 6.78. The van der Waals surface area contributed by atoms with Crippen molar-refractivity contribution in [2.24, 2.45) is 0 Å². The van der Waals surface area contributed by atoms with Crippen molar-refractivity contribution in [1.82, 2.24) is 10.3 Å². The van der Waals surface area contributed by atoms with Crippen molar-refractivity contribution in [3.8, 4) is 0 Å². The van der Waals surface area contributed by atoms with Crippen LogP contribution in [-0.4, -0.2) is 11.0 Å². The molecule has 0 saturated carbocycles. The summed E-state index contributed by atoms with van der Waals surface area (Å²) in [5, 5.41) is 6.72. The van der Waals surface area contributed by atoms with Crippen LogP contribution in [0.3, 0.4) is 0 Å². The summed E-state index contributed by atoms with van der Waals surface area (Å²) in [4.78, 5) is 4.37. The van der Waals surface area contributed by atoms with E-state index in [9.17, 15) is 4.39 Å². The van der Waals surface area contributed by atoms with Gasteiger partial charge in [0.15, 0.2) is 0 Å². The first-order valence-corrected chi connectivity index (χ1v) is 7.47. The van der Waals surface area contributed by atoms with Crippen molar-refractivity contribution in [3.05, 3.63) is 52.2 Å². The summed E-state index contributed by atoms with van der Waals surface area (Å²) in [6.45, 7) is 4.31. The third kappa shape index (κ3) is 4.11. The van der Waals surface area contributed by atoms with E-state index >= 15 is 0 Å². The summed E-state index contributed by atoms with van der Waals surface area (Å²) < 4.78 is 12.9. The van der Waals surface area contributed by atoms with Gasteiger partial charge in [0.2, 0.25) is 0 Å². The van der Waals surface area contributed by atoms with Gasteiger partial charge in [-0.2, -0.15) is 0 Å². The summed E-state index contributed by atoms with van der Waals surface area (Å²) in [6, 6.07) is 7.35. The Morgan fingerprint density at radius 2 is 2.05 bits per heavy atom. The van der Waals surface area contributed by atoms with Gasteiger partial charge in [0.05, 0.1) is 6.04 Å². The fourth-order valence-electron chi connectivity index (χ4n) is 2.15. The minimum atomic E-state index is -0.182. The molecule has 2 nitrogen and oxygen atoms in total. The first kappa shape index (κ1) is 14.2. The molecule has 0 aliphatic carbocycles. The highest BCUT2D eigenvalue weighted by molar-refractivity contribution is 7.09. The van der Waals surface area contributed by atoms with Crippen LogP contribution in [0.25, 0.3) is 0 Å². The third-order valence-electron chi connectivity index (χ3n) is 3.10. The van der Waals surface area contributed by atoms with E-state index in [2.05, 4.69) is 24.1 Å². The zero-order chi connectivity index (χ0) is 13.7. The number of rotatable bonds is 6. The Bertz CT molecular complexity index is 481. The van der Waals surface area contributed by atoms with E-state index in [0.717, 1.165) is 23.4 Å². The highest BCUT2D eigenvalue weighted by atomic mass is 32.1. The van der Waals surface area contributed by atoms with E-state index in [0.29, 0.717) is 12.1 Å². The van der Waals surface area contributed by atoms with E-state index in [4.69, 9.17) is 0 Å². The topological polar surface area (TPSA) is 24.9 Å². The van der Waals surface area contributed by atoms with Crippen LogP contribution in [0.1, 0.15) is 36.9 Å². The van der Waals surface area contributed by atoms with Crippen molar-refractivity contribution >= 4 is 11.3 Å². The first-order chi connectivity index (χ1) is 9.19. The molecule has 0 radical (unpaired) electrons. The molecule has 1 N–H and O–H groups in total. The lowest BCUT2D eigenvalue weighted by Gasteiger charge is -2.20. The molecule has 1 aromatic heterocycles. The van der Waals surface area contributed by atoms with E-state index in [1.165, 1.54) is 12.1 Å². The van der Waals surface area contributed by atoms with Crippen molar-refractivity contribution in [1.29, 1.82) is 0 Å². The van der Waals surface area contributed by atoms with Gasteiger partial charge in [-0.1, -0.05) is 19.1 Å². The first-order valence-electron chi connectivity index (χ1n) is 6.59. The van der Waals surface area contributed by atoms with Gasteiger partial charge in [0.1, 0.15) is 10.8 Å². The molecule has 4 heteroatoms. The summed E-state index contributed by atoms with van der Waals surface area (Å²) >= 11 is 1.68. The smallest absolute Gasteiger partial charge is 0.123 e. The number of nitrogens with zero attached hydrogens (tertiary/aromatic N) is 1. The van der Waals surface area contributed by atoms with Gasteiger partial charge in [-0.05, 0) is 37.5 Å². The number of halogens is 1. The molecular formula is C15H19FN2S. The van der Waals surface area contributed by atoms with E-state index in [1.54, 1.807) is 11.3 Å². The standard InChI is InChI=1S/C15H19FN2S/c1-3-14(15-17-8-9-19-15)18-11(2)10-12-4-6-13(16)7-5-12/h4-9,11,14,18H,3,10H2,1-2H3. The van der Waals surface area contributed by atoms with Crippen LogP contribution >= 0.6 is 11.3 Å². The lowest BCUT2D eigenvalue weighted by molar-refractivity contribution is 0.442. The van der Waals surface area contributed by atoms with Crippen LogP contribution in [0.4, 0.5) is 4.39 Å². The molecule has 2 aromatic rings. The number of hydrogen-bond acceptors (Lipinski definition) is 3. The number of nitrogens with one attached hydrogen (secondary N) is 1. The maximum absolute atomic E-state index is 12.9. The average molecular weight is 278 g/mol. The quantitative estimate of drug-likeness (QED) is 0.865. The number of aromatic nitrogens is 1. The SMILES string of the molecule is CCC(NC(C)Cc1ccc(F)cc1)c1nccs1. The average Bonchev–Trinajstić information content (AvgIpc) is 2.92. The highest BCUT2D eigenvalue weighted by Crippen LogP contribution is 2.20. The second-order valence-corrected chi connectivity index (χ2v) is 5.66. The minimum Gasteiger partial charge on any atom is -0.305 e. The Hall–Kier alpha value is -1.26. The summed E-state index contributed by atoms with van der Waals surface area (Å²) in [6.07, 6.45) is 3.75. The molecule has 0 spiro atoms. The van der Waals surface area contributed by atoms with Crippen molar-refractivity contribution in [2.75, 3.05) is 0 Å². The lowest BCUT2D eigenvalue weighted by atomic mass is 10.1. The molecule has 1 heterocycles. The molecule has 0 bridgehead atoms. The van der Waals surface area contributed by atoms with E-state index in [1.807, 2.05) is 23.7 Å². The third-order valence-corrected chi connectivity index (χ3v) is 3.99. The predicted octanol–water partition coefficient (Wildman–Crippen LogP) is 3.95. The van der Waals surface area contributed by atoms with Gasteiger partial charge in [0, 0.05) is 17.6 Å². The van der Waals surface area contributed by atoms with Gasteiger partial charge < -0.3 is 5.32 Å². The zero-order valence-electron chi connectivity index (χ0n) is 11.3. The minimum absolute atomic E-state index is 0.182. The van der Waals surface area contributed by atoms with Gasteiger partial charge in [-0.25, -0.2) is 9.37 Å². The molecule has 0 amide bonds. The van der Waals surface area contributed by atoms with Gasteiger partial charge >= 0.3 is 0 Å². The largest absolute Gasteiger partial charge is 0.305 e. The maximum Gasteiger partial charge on any atom is 0.123 e. The predicted molar refractivity (Wildman–Crippen MR) is 77.8 cm³/mol. The molecule has 1 aromatic carbocycles. The fourth-order valence-corrected chi connectivity index (χ4v) is 2.93. The van der Waals surface area contributed by atoms with E-state index in [-0.39, 0.29) is 5.82 Å². The zero-order valence-corrected chi connectivity index (χ0v) is 12.1. The van der Waals surface area contributed by atoms with Gasteiger partial charge in [-0.15, -0.1) is 11.3 Å². The molecule has 0 saturated heterocycles. The normalized spacial score (nSPS) is 14.3. The van der Waals surface area contributed by atoms with Gasteiger partial charge in [0.25, 0.3) is 0 Å². The molecule has 0 aliphatic heterocycles. The Morgan fingerprint density at radius 3 is 2.63 bits per heavy atom. The van der Waals surface area contributed by atoms with Crippen molar-refractivity contribution < 1.29 is 4.39 Å². The maximum atomic E-state index is 12.9. The Kier molecular flexibility index (Phi) is 5.05. The molecule has 0 fully saturated rings. The molecule has 102 valence electrons. The van der Waals surface area contributed by atoms with Crippen LogP contribution in [-0.2, 0) is 6.42 Å². The molecule has 2 atom stereocenters. The number of hydrogen-bond donors (Lipinski definition) is 1. The van der Waals surface area contributed by atoms with Crippen LogP contribution in [0, 0.1) is 5.82 Å². The Labute approximate surface area is 117 Å². The highest BCUT2D eigenvalue weighted by Gasteiger charge is 2.14. The van der Waals surface area contributed by atoms with Crippen LogP contribution in [0.15, 0.2) is 35.8 Å². The van der Waals surface area contributed by atoms with Crippen LogP contribution in [0.5, 0.6) is 0 Å². The number of benzene rings is 1. The second-order valence-electron chi connectivity index (χ2n) is 4.73. The molecule has 2 unspecified atom stereocenters. The number of thiazole rings is 1. The van der Waals surface area contributed by atoms with Crippen LogP contribution in [0.2, 0.25) is 0 Å². The molecule has 2 rings (SSSR count). The summed E-state index contributed by atoms with van der Waals surface area (Å²) in [7, 11) is 0. The van der Waals surface area contributed by atoms with Crippen LogP contribution < -0.4 is 5.32 Å². The van der Waals surface area contributed by atoms with Crippen molar-refractivity contribution in [3.63, 3.8) is 0 Å². The Balaban J connectivity index is 1.93. The molecular weight excluding hydrogens is 259 g/mol. The molecule has 0 aliphatic rings. The monoisotopic (exact) mass is 278 g/mol. The molecule has 19 heavy (non-hydrogen) atoms. The van der Waals surface area contributed by atoms with Crippen molar-refractivity contribution in [2.45, 2.75) is 38.8 Å². The van der Waals surface area contributed by atoms with Gasteiger partial charge in [-0.3, -0.25) is 0 Å². The fraction of sp³-hybridized carbons (Fsp3) is 0.400. The summed E-state index contributed by atoms with van der Waals surface area (Å²) in [5.41, 5.74) is 1.15.